The summed E-state index contributed by atoms with van der Waals surface area (Å²) in [6, 6.07) is 16.8. The van der Waals surface area contributed by atoms with E-state index >= 15 is 0 Å². The van der Waals surface area contributed by atoms with E-state index in [-0.39, 0.29) is 11.7 Å². The van der Waals surface area contributed by atoms with Crippen LogP contribution in [0.5, 0.6) is 5.75 Å². The van der Waals surface area contributed by atoms with E-state index in [1.165, 1.54) is 11.6 Å². The first-order chi connectivity index (χ1) is 11.7. The van der Waals surface area contributed by atoms with Gasteiger partial charge < -0.3 is 10.0 Å². The van der Waals surface area contributed by atoms with Crippen molar-refractivity contribution in [1.82, 2.24) is 9.80 Å². The summed E-state index contributed by atoms with van der Waals surface area (Å²) in [7, 11) is 0. The Morgan fingerprint density at radius 1 is 1.00 bits per heavy atom. The molecule has 0 unspecified atom stereocenters. The Morgan fingerprint density at radius 3 is 2.46 bits per heavy atom. The molecule has 0 atom stereocenters. The lowest BCUT2D eigenvalue weighted by atomic mass is 10.1. The van der Waals surface area contributed by atoms with E-state index in [1.54, 1.807) is 18.2 Å². The number of aromatic hydroxyl groups is 1. The molecule has 4 heteroatoms. The lowest BCUT2D eigenvalue weighted by Gasteiger charge is -2.34. The normalized spacial score (nSPS) is 15.8. The molecule has 1 saturated heterocycles. The summed E-state index contributed by atoms with van der Waals surface area (Å²) < 4.78 is 0. The van der Waals surface area contributed by atoms with Gasteiger partial charge in [0.15, 0.2) is 0 Å². The third-order valence-electron chi connectivity index (χ3n) is 4.23. The molecule has 1 aliphatic heterocycles. The van der Waals surface area contributed by atoms with Crippen LogP contribution in [0.1, 0.15) is 15.9 Å². The van der Waals surface area contributed by atoms with Crippen LogP contribution < -0.4 is 0 Å². The number of rotatable bonds is 4. The quantitative estimate of drug-likeness (QED) is 0.941. The third kappa shape index (κ3) is 4.24. The zero-order chi connectivity index (χ0) is 16.8. The molecule has 1 fully saturated rings. The number of amides is 1. The highest BCUT2D eigenvalue weighted by Crippen LogP contribution is 2.14. The van der Waals surface area contributed by atoms with Gasteiger partial charge in [-0.3, -0.25) is 9.69 Å². The van der Waals surface area contributed by atoms with Gasteiger partial charge in [0.2, 0.25) is 0 Å². The number of phenols is 1. The Hall–Kier alpha value is -2.59. The molecule has 0 saturated carbocycles. The van der Waals surface area contributed by atoms with Gasteiger partial charge in [-0.2, -0.15) is 0 Å². The number of benzene rings is 2. The highest BCUT2D eigenvalue weighted by Gasteiger charge is 2.21. The first kappa shape index (κ1) is 16.3. The average Bonchev–Trinajstić information content (AvgIpc) is 2.63. The van der Waals surface area contributed by atoms with Crippen molar-refractivity contribution < 1.29 is 9.90 Å². The number of carbonyl (C=O) groups is 1. The third-order valence-corrected chi connectivity index (χ3v) is 4.23. The van der Waals surface area contributed by atoms with E-state index in [0.717, 1.165) is 19.6 Å². The van der Waals surface area contributed by atoms with Crippen LogP contribution in [-0.2, 0) is 0 Å². The molecule has 4 nitrogen and oxygen atoms in total. The molecule has 2 aromatic rings. The lowest BCUT2D eigenvalue weighted by Crippen LogP contribution is -2.48. The number of hydrogen-bond donors (Lipinski definition) is 1. The van der Waals surface area contributed by atoms with Crippen LogP contribution in [0.2, 0.25) is 0 Å². The highest BCUT2D eigenvalue weighted by atomic mass is 16.3. The van der Waals surface area contributed by atoms with Gasteiger partial charge in [0.05, 0.1) is 0 Å². The fourth-order valence-electron chi connectivity index (χ4n) is 2.86. The lowest BCUT2D eigenvalue weighted by molar-refractivity contribution is 0.0650. The molecule has 1 aliphatic rings. The largest absolute Gasteiger partial charge is 0.508 e. The summed E-state index contributed by atoms with van der Waals surface area (Å²) in [6.45, 7) is 4.05. The molecule has 0 aliphatic carbocycles. The second-order valence-electron chi connectivity index (χ2n) is 5.96. The maximum atomic E-state index is 12.4. The van der Waals surface area contributed by atoms with Gasteiger partial charge in [0.25, 0.3) is 5.91 Å². The van der Waals surface area contributed by atoms with Gasteiger partial charge in [-0.15, -0.1) is 0 Å². The Morgan fingerprint density at radius 2 is 1.75 bits per heavy atom. The highest BCUT2D eigenvalue weighted by molar-refractivity contribution is 5.94. The van der Waals surface area contributed by atoms with Gasteiger partial charge in [-0.25, -0.2) is 0 Å². The molecule has 0 bridgehead atoms. The van der Waals surface area contributed by atoms with Crippen molar-refractivity contribution in [2.75, 3.05) is 32.7 Å². The number of piperazine rings is 1. The summed E-state index contributed by atoms with van der Waals surface area (Å²) in [5.74, 6) is 0.121. The Labute approximate surface area is 142 Å². The SMILES string of the molecule is O=C(c1cccc(O)c1)N1CCN(C/C=C/c2ccccc2)CC1. The Balaban J connectivity index is 1.49. The number of hydrogen-bond acceptors (Lipinski definition) is 3. The zero-order valence-corrected chi connectivity index (χ0v) is 13.6. The predicted molar refractivity (Wildman–Crippen MR) is 95.9 cm³/mol. The first-order valence-electron chi connectivity index (χ1n) is 8.24. The number of nitrogens with zero attached hydrogens (tertiary/aromatic N) is 2. The molecule has 0 aromatic heterocycles. The van der Waals surface area contributed by atoms with Gasteiger partial charge in [-0.05, 0) is 23.8 Å². The molecular formula is C20H22N2O2. The van der Waals surface area contributed by atoms with E-state index in [2.05, 4.69) is 29.2 Å². The van der Waals surface area contributed by atoms with Crippen LogP contribution >= 0.6 is 0 Å². The van der Waals surface area contributed by atoms with Gasteiger partial charge in [0.1, 0.15) is 5.75 Å². The van der Waals surface area contributed by atoms with Crippen molar-refractivity contribution in [3.63, 3.8) is 0 Å². The molecule has 1 amide bonds. The molecule has 1 heterocycles. The van der Waals surface area contributed by atoms with E-state index in [4.69, 9.17) is 0 Å². The predicted octanol–water partition coefficient (Wildman–Crippen LogP) is 2.86. The van der Waals surface area contributed by atoms with E-state index < -0.39 is 0 Å². The topological polar surface area (TPSA) is 43.8 Å². The molecule has 0 spiro atoms. The van der Waals surface area contributed by atoms with E-state index in [9.17, 15) is 9.90 Å². The van der Waals surface area contributed by atoms with E-state index in [1.807, 2.05) is 23.1 Å². The van der Waals surface area contributed by atoms with Crippen molar-refractivity contribution >= 4 is 12.0 Å². The van der Waals surface area contributed by atoms with Crippen LogP contribution in [0.3, 0.4) is 0 Å². The molecule has 1 N–H and O–H groups in total. The van der Waals surface area contributed by atoms with Crippen molar-refractivity contribution in [2.24, 2.45) is 0 Å². The summed E-state index contributed by atoms with van der Waals surface area (Å²) in [6.07, 6.45) is 4.30. The maximum absolute atomic E-state index is 12.4. The van der Waals surface area contributed by atoms with Gasteiger partial charge in [0, 0.05) is 38.3 Å². The van der Waals surface area contributed by atoms with Gasteiger partial charge >= 0.3 is 0 Å². The summed E-state index contributed by atoms with van der Waals surface area (Å²) in [5.41, 5.74) is 1.75. The monoisotopic (exact) mass is 322 g/mol. The number of phenolic OH excluding ortho intramolecular Hbond substituents is 1. The van der Waals surface area contributed by atoms with Crippen LogP contribution in [0.15, 0.2) is 60.7 Å². The molecule has 2 aromatic carbocycles. The van der Waals surface area contributed by atoms with Crippen molar-refractivity contribution in [1.29, 1.82) is 0 Å². The molecule has 0 radical (unpaired) electrons. The minimum absolute atomic E-state index is 0.00891. The Bertz CT molecular complexity index is 705. The smallest absolute Gasteiger partial charge is 0.254 e. The fourth-order valence-corrected chi connectivity index (χ4v) is 2.86. The minimum atomic E-state index is -0.00891. The molecule has 3 rings (SSSR count). The fraction of sp³-hybridized carbons (Fsp3) is 0.250. The van der Waals surface area contributed by atoms with Crippen LogP contribution in [0.25, 0.3) is 6.08 Å². The summed E-state index contributed by atoms with van der Waals surface area (Å²) >= 11 is 0. The first-order valence-corrected chi connectivity index (χ1v) is 8.24. The average molecular weight is 322 g/mol. The zero-order valence-electron chi connectivity index (χ0n) is 13.6. The standard InChI is InChI=1S/C20H22N2O2/c23-19-10-4-9-18(16-19)20(24)22-14-12-21(13-15-22)11-5-8-17-6-2-1-3-7-17/h1-10,16,23H,11-15H2/b8-5+. The minimum Gasteiger partial charge on any atom is -0.508 e. The molecule has 124 valence electrons. The maximum Gasteiger partial charge on any atom is 0.254 e. The van der Waals surface area contributed by atoms with E-state index in [0.29, 0.717) is 18.7 Å². The van der Waals surface area contributed by atoms with Crippen molar-refractivity contribution in [3.8, 4) is 5.75 Å². The van der Waals surface area contributed by atoms with Crippen LogP contribution in [0.4, 0.5) is 0 Å². The second kappa shape index (κ2) is 7.79. The molecular weight excluding hydrogens is 300 g/mol. The number of carbonyl (C=O) groups excluding carboxylic acids is 1. The summed E-state index contributed by atoms with van der Waals surface area (Å²) in [4.78, 5) is 16.6. The van der Waals surface area contributed by atoms with Crippen molar-refractivity contribution in [2.45, 2.75) is 0 Å². The Kier molecular flexibility index (Phi) is 5.29. The molecule has 24 heavy (non-hydrogen) atoms. The van der Waals surface area contributed by atoms with Crippen LogP contribution in [0, 0.1) is 0 Å². The second-order valence-corrected chi connectivity index (χ2v) is 5.96. The van der Waals surface area contributed by atoms with Crippen molar-refractivity contribution in [3.05, 3.63) is 71.8 Å². The van der Waals surface area contributed by atoms with Gasteiger partial charge in [-0.1, -0.05) is 48.6 Å². The van der Waals surface area contributed by atoms with Crippen LogP contribution in [-0.4, -0.2) is 53.5 Å². The summed E-state index contributed by atoms with van der Waals surface area (Å²) in [5, 5.41) is 9.51.